The van der Waals surface area contributed by atoms with Crippen LogP contribution in [0.1, 0.15) is 201 Å². The molecule has 0 radical (unpaired) electrons. The Morgan fingerprint density at radius 1 is 0.366 bits per heavy atom. The SMILES string of the molecule is CCCCC/C=C\C/C=C\CCCCCCCCC(CCCCCCCC/C=C\C/C=C\CCCCC)C(C)CC. The van der Waals surface area contributed by atoms with Gasteiger partial charge in [-0.05, 0) is 76.0 Å². The molecule has 1 unspecified atom stereocenters. The molecule has 0 aromatic carbocycles. The van der Waals surface area contributed by atoms with Crippen LogP contribution in [0.25, 0.3) is 0 Å². The number of rotatable bonds is 32. The van der Waals surface area contributed by atoms with Crippen LogP contribution in [-0.4, -0.2) is 0 Å². The van der Waals surface area contributed by atoms with Gasteiger partial charge in [0.2, 0.25) is 0 Å². The summed E-state index contributed by atoms with van der Waals surface area (Å²) in [5.41, 5.74) is 0. The Morgan fingerprint density at radius 3 is 1.02 bits per heavy atom. The quantitative estimate of drug-likeness (QED) is 0.0559. The third-order valence-corrected chi connectivity index (χ3v) is 9.00. The van der Waals surface area contributed by atoms with E-state index in [0.29, 0.717) is 0 Å². The van der Waals surface area contributed by atoms with E-state index in [-0.39, 0.29) is 0 Å². The van der Waals surface area contributed by atoms with Crippen LogP contribution in [0.3, 0.4) is 0 Å². The van der Waals surface area contributed by atoms with Crippen molar-refractivity contribution in [3.63, 3.8) is 0 Å². The molecular weight excluding hydrogens is 492 g/mol. The van der Waals surface area contributed by atoms with Crippen molar-refractivity contribution in [1.82, 2.24) is 0 Å². The van der Waals surface area contributed by atoms with Gasteiger partial charge in [-0.2, -0.15) is 0 Å². The van der Waals surface area contributed by atoms with E-state index in [1.165, 1.54) is 161 Å². The maximum atomic E-state index is 2.51. The lowest BCUT2D eigenvalue weighted by atomic mass is 9.83. The summed E-state index contributed by atoms with van der Waals surface area (Å²) in [4.78, 5) is 0. The van der Waals surface area contributed by atoms with Gasteiger partial charge in [0.05, 0.1) is 0 Å². The molecule has 0 nitrogen and oxygen atoms in total. The lowest BCUT2D eigenvalue weighted by Crippen LogP contribution is -2.11. The maximum Gasteiger partial charge on any atom is -0.0169 e. The van der Waals surface area contributed by atoms with E-state index in [9.17, 15) is 0 Å². The van der Waals surface area contributed by atoms with Crippen LogP contribution in [0.2, 0.25) is 0 Å². The van der Waals surface area contributed by atoms with Crippen LogP contribution in [0.4, 0.5) is 0 Å². The normalized spacial score (nSPS) is 13.3. The van der Waals surface area contributed by atoms with Gasteiger partial charge in [0.15, 0.2) is 0 Å². The summed E-state index contributed by atoms with van der Waals surface area (Å²) in [7, 11) is 0. The summed E-state index contributed by atoms with van der Waals surface area (Å²) < 4.78 is 0. The smallest absolute Gasteiger partial charge is 0.0169 e. The van der Waals surface area contributed by atoms with E-state index in [1.54, 1.807) is 0 Å². The molecule has 0 N–H and O–H groups in total. The Balaban J connectivity index is 3.64. The highest BCUT2D eigenvalue weighted by molar-refractivity contribution is 4.93. The molecule has 0 saturated heterocycles. The summed E-state index contributed by atoms with van der Waals surface area (Å²) in [5, 5.41) is 0. The fourth-order valence-corrected chi connectivity index (χ4v) is 5.84. The zero-order valence-corrected chi connectivity index (χ0v) is 28.9. The highest BCUT2D eigenvalue weighted by Gasteiger charge is 2.15. The van der Waals surface area contributed by atoms with E-state index >= 15 is 0 Å². The largest absolute Gasteiger partial charge is 0.0882 e. The van der Waals surface area contributed by atoms with E-state index in [2.05, 4.69) is 76.3 Å². The summed E-state index contributed by atoms with van der Waals surface area (Å²) in [5.74, 6) is 1.88. The van der Waals surface area contributed by atoms with Gasteiger partial charge in [-0.3, -0.25) is 0 Å². The Hall–Kier alpha value is -1.04. The van der Waals surface area contributed by atoms with Crippen LogP contribution in [0.15, 0.2) is 48.6 Å². The molecule has 0 aromatic heterocycles. The van der Waals surface area contributed by atoms with Gasteiger partial charge in [-0.1, -0.05) is 185 Å². The molecule has 0 amide bonds. The fourth-order valence-electron chi connectivity index (χ4n) is 5.84. The number of unbranched alkanes of at least 4 members (excludes halogenated alkanes) is 18. The van der Waals surface area contributed by atoms with Gasteiger partial charge in [-0.15, -0.1) is 0 Å². The van der Waals surface area contributed by atoms with Crippen molar-refractivity contribution in [2.45, 2.75) is 201 Å². The van der Waals surface area contributed by atoms with E-state index in [4.69, 9.17) is 0 Å². The van der Waals surface area contributed by atoms with Crippen molar-refractivity contribution in [2.75, 3.05) is 0 Å². The van der Waals surface area contributed by atoms with Gasteiger partial charge < -0.3 is 0 Å². The Labute approximate surface area is 261 Å². The minimum absolute atomic E-state index is 0.908. The maximum absolute atomic E-state index is 2.51. The average Bonchev–Trinajstić information content (AvgIpc) is 2.99. The standard InChI is InChI=1S/C41H76/c1-5-8-10-12-14-16-18-20-22-24-26-28-30-32-34-36-38-41(40(4)7-3)39-37-35-33-31-29-27-25-23-21-19-17-15-13-11-9-6-2/h14-17,20-23,40-41H,5-13,18-19,24-39H2,1-4H3/b16-14-,17-15-,22-20-,23-21-. The molecule has 0 heterocycles. The molecule has 0 aliphatic carbocycles. The summed E-state index contributed by atoms with van der Waals surface area (Å²) in [6, 6.07) is 0. The first-order chi connectivity index (χ1) is 20.3. The van der Waals surface area contributed by atoms with Crippen molar-refractivity contribution in [1.29, 1.82) is 0 Å². The summed E-state index contributed by atoms with van der Waals surface area (Å²) in [6.45, 7) is 9.46. The molecule has 0 rings (SSSR count). The molecule has 0 spiro atoms. The second-order valence-corrected chi connectivity index (χ2v) is 12.9. The molecule has 1 atom stereocenters. The molecule has 0 aliphatic rings. The Kier molecular flexibility index (Phi) is 34.3. The molecule has 0 saturated carbocycles. The van der Waals surface area contributed by atoms with Crippen molar-refractivity contribution in [3.8, 4) is 0 Å². The minimum atomic E-state index is 0.908. The average molecular weight is 569 g/mol. The van der Waals surface area contributed by atoms with Gasteiger partial charge in [0, 0.05) is 0 Å². The van der Waals surface area contributed by atoms with Crippen LogP contribution in [-0.2, 0) is 0 Å². The molecule has 0 bridgehead atoms. The van der Waals surface area contributed by atoms with Crippen molar-refractivity contribution < 1.29 is 0 Å². The van der Waals surface area contributed by atoms with Crippen LogP contribution in [0, 0.1) is 11.8 Å². The lowest BCUT2D eigenvalue weighted by Gasteiger charge is -2.23. The predicted octanol–water partition coefficient (Wildman–Crippen LogP) is 15.1. The third kappa shape index (κ3) is 31.7. The first-order valence-electron chi connectivity index (χ1n) is 18.9. The number of hydrogen-bond donors (Lipinski definition) is 0. The first kappa shape index (κ1) is 40.0. The van der Waals surface area contributed by atoms with Gasteiger partial charge in [-0.25, -0.2) is 0 Å². The lowest BCUT2D eigenvalue weighted by molar-refractivity contribution is 0.288. The number of hydrogen-bond acceptors (Lipinski definition) is 0. The minimum Gasteiger partial charge on any atom is -0.0882 e. The Bertz CT molecular complexity index is 543. The monoisotopic (exact) mass is 569 g/mol. The van der Waals surface area contributed by atoms with Crippen LogP contribution < -0.4 is 0 Å². The summed E-state index contributed by atoms with van der Waals surface area (Å²) in [6.07, 6.45) is 55.8. The van der Waals surface area contributed by atoms with Crippen LogP contribution >= 0.6 is 0 Å². The highest BCUT2D eigenvalue weighted by atomic mass is 14.2. The van der Waals surface area contributed by atoms with Gasteiger partial charge in [0.25, 0.3) is 0 Å². The zero-order valence-electron chi connectivity index (χ0n) is 28.9. The van der Waals surface area contributed by atoms with Crippen LogP contribution in [0.5, 0.6) is 0 Å². The van der Waals surface area contributed by atoms with Gasteiger partial charge >= 0.3 is 0 Å². The second-order valence-electron chi connectivity index (χ2n) is 12.9. The molecule has 0 aromatic rings. The molecule has 0 fully saturated rings. The van der Waals surface area contributed by atoms with Crippen molar-refractivity contribution >= 4 is 0 Å². The fraction of sp³-hybridized carbons (Fsp3) is 0.805. The molecule has 41 heavy (non-hydrogen) atoms. The van der Waals surface area contributed by atoms with E-state index in [1.807, 2.05) is 0 Å². The van der Waals surface area contributed by atoms with Gasteiger partial charge in [0.1, 0.15) is 0 Å². The molecular formula is C41H76. The zero-order chi connectivity index (χ0) is 29.9. The molecule has 240 valence electrons. The second kappa shape index (κ2) is 35.2. The Morgan fingerprint density at radius 2 is 0.683 bits per heavy atom. The topological polar surface area (TPSA) is 0 Å². The van der Waals surface area contributed by atoms with E-state index < -0.39 is 0 Å². The highest BCUT2D eigenvalue weighted by Crippen LogP contribution is 2.28. The first-order valence-corrected chi connectivity index (χ1v) is 18.9. The number of allylic oxidation sites excluding steroid dienone is 8. The van der Waals surface area contributed by atoms with Crippen molar-refractivity contribution in [2.24, 2.45) is 11.8 Å². The third-order valence-electron chi connectivity index (χ3n) is 9.00. The van der Waals surface area contributed by atoms with Crippen molar-refractivity contribution in [3.05, 3.63) is 48.6 Å². The van der Waals surface area contributed by atoms with E-state index in [0.717, 1.165) is 24.7 Å². The molecule has 0 aliphatic heterocycles. The predicted molar refractivity (Wildman–Crippen MR) is 191 cm³/mol. The molecule has 0 heteroatoms. The summed E-state index contributed by atoms with van der Waals surface area (Å²) >= 11 is 0.